The topological polar surface area (TPSA) is 49.7 Å². The van der Waals surface area contributed by atoms with Crippen LogP contribution in [0.5, 0.6) is 11.5 Å². The Kier molecular flexibility index (Phi) is 3.29. The largest absolute Gasteiger partial charge is 0.504 e. The molecule has 0 aliphatic rings. The number of halogens is 3. The SMILES string of the molecule is COc1ccc(C(F)(F)F)c(C(C)(C)O)c1O. The maximum Gasteiger partial charge on any atom is 0.416 e. The normalized spacial score (nSPS) is 12.6. The lowest BCUT2D eigenvalue weighted by atomic mass is 9.91. The first-order chi connectivity index (χ1) is 7.59. The van der Waals surface area contributed by atoms with Gasteiger partial charge in [0.05, 0.1) is 18.3 Å². The summed E-state index contributed by atoms with van der Waals surface area (Å²) in [6.07, 6.45) is -4.65. The summed E-state index contributed by atoms with van der Waals surface area (Å²) in [6.45, 7) is 2.33. The van der Waals surface area contributed by atoms with Crippen molar-refractivity contribution >= 4 is 0 Å². The number of methoxy groups -OCH3 is 1. The van der Waals surface area contributed by atoms with Gasteiger partial charge < -0.3 is 14.9 Å². The second-order valence-corrected chi connectivity index (χ2v) is 4.10. The Balaban J connectivity index is 3.59. The standard InChI is InChI=1S/C11H13F3O3/c1-10(2,16)8-6(11(12,13)14)4-5-7(17-3)9(8)15/h4-5,15-16H,1-3H3. The fourth-order valence-corrected chi connectivity index (χ4v) is 1.59. The quantitative estimate of drug-likeness (QED) is 0.848. The number of alkyl halides is 3. The summed E-state index contributed by atoms with van der Waals surface area (Å²) in [5.41, 5.74) is -3.50. The van der Waals surface area contributed by atoms with E-state index in [0.29, 0.717) is 0 Å². The molecule has 6 heteroatoms. The average Bonchev–Trinajstić information content (AvgIpc) is 2.13. The number of benzene rings is 1. The lowest BCUT2D eigenvalue weighted by Crippen LogP contribution is -2.22. The Morgan fingerprint density at radius 3 is 2.06 bits per heavy atom. The molecule has 0 aliphatic heterocycles. The smallest absolute Gasteiger partial charge is 0.416 e. The van der Waals surface area contributed by atoms with Crippen molar-refractivity contribution in [1.82, 2.24) is 0 Å². The van der Waals surface area contributed by atoms with E-state index in [-0.39, 0.29) is 5.75 Å². The number of phenols is 1. The highest BCUT2D eigenvalue weighted by Gasteiger charge is 2.39. The molecule has 0 atom stereocenters. The number of phenolic OH excluding ortho intramolecular Hbond substituents is 1. The molecule has 1 aromatic carbocycles. The molecule has 1 aromatic rings. The summed E-state index contributed by atoms with van der Waals surface area (Å²) < 4.78 is 42.9. The van der Waals surface area contributed by atoms with Crippen LogP contribution in [-0.4, -0.2) is 17.3 Å². The second kappa shape index (κ2) is 4.10. The molecule has 0 saturated carbocycles. The van der Waals surface area contributed by atoms with Gasteiger partial charge in [-0.2, -0.15) is 13.2 Å². The van der Waals surface area contributed by atoms with E-state index in [1.54, 1.807) is 0 Å². The maximum absolute atomic E-state index is 12.7. The molecule has 2 N–H and O–H groups in total. The van der Waals surface area contributed by atoms with Crippen molar-refractivity contribution in [3.63, 3.8) is 0 Å². The van der Waals surface area contributed by atoms with Crippen LogP contribution in [0.15, 0.2) is 12.1 Å². The Morgan fingerprint density at radius 2 is 1.71 bits per heavy atom. The van der Waals surface area contributed by atoms with Crippen LogP contribution in [0, 0.1) is 0 Å². The highest BCUT2D eigenvalue weighted by atomic mass is 19.4. The molecule has 1 rings (SSSR count). The van der Waals surface area contributed by atoms with Gasteiger partial charge in [-0.05, 0) is 26.0 Å². The predicted octanol–water partition coefficient (Wildman–Crippen LogP) is 2.65. The summed E-state index contributed by atoms with van der Waals surface area (Å²) in [4.78, 5) is 0. The molecule has 0 spiro atoms. The van der Waals surface area contributed by atoms with Gasteiger partial charge in [0.25, 0.3) is 0 Å². The van der Waals surface area contributed by atoms with E-state index in [1.165, 1.54) is 7.11 Å². The molecule has 0 aromatic heterocycles. The zero-order valence-electron chi connectivity index (χ0n) is 9.59. The van der Waals surface area contributed by atoms with Crippen molar-refractivity contribution in [3.05, 3.63) is 23.3 Å². The highest BCUT2D eigenvalue weighted by Crippen LogP contribution is 2.44. The van der Waals surface area contributed by atoms with E-state index >= 15 is 0 Å². The number of ether oxygens (including phenoxy) is 1. The number of rotatable bonds is 2. The molecule has 0 unspecified atom stereocenters. The lowest BCUT2D eigenvalue weighted by molar-refractivity contribution is -0.140. The van der Waals surface area contributed by atoms with Crippen LogP contribution in [0.2, 0.25) is 0 Å². The van der Waals surface area contributed by atoms with E-state index < -0.39 is 28.7 Å². The Bertz CT molecular complexity index is 419. The first-order valence-corrected chi connectivity index (χ1v) is 4.79. The van der Waals surface area contributed by atoms with Crippen molar-refractivity contribution < 1.29 is 28.1 Å². The fraction of sp³-hybridized carbons (Fsp3) is 0.455. The van der Waals surface area contributed by atoms with E-state index in [9.17, 15) is 23.4 Å². The molecule has 17 heavy (non-hydrogen) atoms. The van der Waals surface area contributed by atoms with E-state index in [2.05, 4.69) is 0 Å². The molecule has 0 heterocycles. The average molecular weight is 250 g/mol. The summed E-state index contributed by atoms with van der Waals surface area (Å²) in [5.74, 6) is -0.815. The monoisotopic (exact) mass is 250 g/mol. The van der Waals surface area contributed by atoms with E-state index in [4.69, 9.17) is 4.74 Å². The van der Waals surface area contributed by atoms with Gasteiger partial charge in [-0.1, -0.05) is 0 Å². The number of hydrogen-bond acceptors (Lipinski definition) is 3. The Morgan fingerprint density at radius 1 is 1.18 bits per heavy atom. The van der Waals surface area contributed by atoms with Gasteiger partial charge in [0.2, 0.25) is 0 Å². The third-order valence-electron chi connectivity index (χ3n) is 2.28. The summed E-state index contributed by atoms with van der Waals surface area (Å²) >= 11 is 0. The zero-order valence-corrected chi connectivity index (χ0v) is 9.59. The van der Waals surface area contributed by atoms with Gasteiger partial charge >= 0.3 is 6.18 Å². The molecule has 0 radical (unpaired) electrons. The summed E-state index contributed by atoms with van der Waals surface area (Å²) in [7, 11) is 1.22. The van der Waals surface area contributed by atoms with Crippen LogP contribution < -0.4 is 4.74 Å². The van der Waals surface area contributed by atoms with Crippen molar-refractivity contribution in [3.8, 4) is 11.5 Å². The van der Waals surface area contributed by atoms with Crippen LogP contribution in [0.1, 0.15) is 25.0 Å². The minimum absolute atomic E-state index is 0.116. The molecule has 0 amide bonds. The van der Waals surface area contributed by atoms with Crippen molar-refractivity contribution in [2.24, 2.45) is 0 Å². The zero-order chi connectivity index (χ0) is 13.4. The minimum atomic E-state index is -4.65. The van der Waals surface area contributed by atoms with E-state index in [1.807, 2.05) is 0 Å². The number of aliphatic hydroxyl groups is 1. The third-order valence-corrected chi connectivity index (χ3v) is 2.28. The minimum Gasteiger partial charge on any atom is -0.504 e. The number of hydrogen-bond donors (Lipinski definition) is 2. The van der Waals surface area contributed by atoms with Crippen LogP contribution >= 0.6 is 0 Å². The van der Waals surface area contributed by atoms with Gasteiger partial charge in [0.15, 0.2) is 11.5 Å². The molecular weight excluding hydrogens is 237 g/mol. The van der Waals surface area contributed by atoms with Crippen LogP contribution in [0.4, 0.5) is 13.2 Å². The predicted molar refractivity (Wildman–Crippen MR) is 54.9 cm³/mol. The molecule has 0 saturated heterocycles. The Hall–Kier alpha value is -1.43. The fourth-order valence-electron chi connectivity index (χ4n) is 1.59. The number of aromatic hydroxyl groups is 1. The molecule has 0 bridgehead atoms. The molecular formula is C11H13F3O3. The molecule has 96 valence electrons. The second-order valence-electron chi connectivity index (χ2n) is 4.10. The van der Waals surface area contributed by atoms with Crippen LogP contribution in [-0.2, 0) is 11.8 Å². The van der Waals surface area contributed by atoms with Gasteiger partial charge in [-0.15, -0.1) is 0 Å². The van der Waals surface area contributed by atoms with E-state index in [0.717, 1.165) is 26.0 Å². The van der Waals surface area contributed by atoms with Crippen molar-refractivity contribution in [2.45, 2.75) is 25.6 Å². The van der Waals surface area contributed by atoms with Gasteiger partial charge in [0, 0.05) is 5.56 Å². The van der Waals surface area contributed by atoms with Gasteiger partial charge in [-0.3, -0.25) is 0 Å². The molecule has 0 aliphatic carbocycles. The maximum atomic E-state index is 12.7. The highest BCUT2D eigenvalue weighted by molar-refractivity contribution is 5.53. The lowest BCUT2D eigenvalue weighted by Gasteiger charge is -2.25. The van der Waals surface area contributed by atoms with Crippen molar-refractivity contribution in [1.29, 1.82) is 0 Å². The first kappa shape index (κ1) is 13.6. The Labute approximate surface area is 96.5 Å². The van der Waals surface area contributed by atoms with Gasteiger partial charge in [0.1, 0.15) is 0 Å². The van der Waals surface area contributed by atoms with Crippen LogP contribution in [0.3, 0.4) is 0 Å². The third kappa shape index (κ3) is 2.63. The molecule has 0 fully saturated rings. The first-order valence-electron chi connectivity index (χ1n) is 4.79. The molecule has 3 nitrogen and oxygen atoms in total. The van der Waals surface area contributed by atoms with Gasteiger partial charge in [-0.25, -0.2) is 0 Å². The summed E-state index contributed by atoms with van der Waals surface area (Å²) in [5, 5.41) is 19.4. The van der Waals surface area contributed by atoms with Crippen molar-refractivity contribution in [2.75, 3.05) is 7.11 Å². The summed E-state index contributed by atoms with van der Waals surface area (Å²) in [6, 6.07) is 1.78. The van der Waals surface area contributed by atoms with Crippen LogP contribution in [0.25, 0.3) is 0 Å².